The number of piperazine rings is 1. The lowest BCUT2D eigenvalue weighted by atomic mass is 9.95. The molecule has 0 saturated carbocycles. The van der Waals surface area contributed by atoms with Crippen molar-refractivity contribution in [3.63, 3.8) is 0 Å². The zero-order valence-corrected chi connectivity index (χ0v) is 17.1. The first-order valence-corrected chi connectivity index (χ1v) is 8.92. The first kappa shape index (κ1) is 22.5. The molecule has 2 N–H and O–H groups in total. The van der Waals surface area contributed by atoms with E-state index in [4.69, 9.17) is 15.2 Å². The van der Waals surface area contributed by atoms with Gasteiger partial charge in [-0.05, 0) is 31.0 Å². The van der Waals surface area contributed by atoms with E-state index in [0.29, 0.717) is 0 Å². The van der Waals surface area contributed by atoms with Crippen molar-refractivity contribution in [3.05, 3.63) is 23.8 Å². The lowest BCUT2D eigenvalue weighted by Gasteiger charge is -2.38. The largest absolute Gasteiger partial charge is 0.497 e. The quantitative estimate of drug-likeness (QED) is 0.779. The first-order chi connectivity index (χ1) is 11.9. The Balaban J connectivity index is 0.00000338. The van der Waals surface area contributed by atoms with Gasteiger partial charge in [-0.15, -0.1) is 12.4 Å². The number of methoxy groups -OCH3 is 2. The molecule has 1 aromatic rings. The van der Waals surface area contributed by atoms with Gasteiger partial charge in [-0.1, -0.05) is 13.3 Å². The number of ether oxygens (including phenoxy) is 2. The summed E-state index contributed by atoms with van der Waals surface area (Å²) in [7, 11) is 3.31. The van der Waals surface area contributed by atoms with Crippen molar-refractivity contribution in [2.45, 2.75) is 38.8 Å². The van der Waals surface area contributed by atoms with Crippen LogP contribution >= 0.6 is 12.4 Å². The van der Waals surface area contributed by atoms with E-state index >= 15 is 0 Å². The van der Waals surface area contributed by atoms with Crippen LogP contribution in [0.1, 0.15) is 32.3 Å². The van der Waals surface area contributed by atoms with Crippen LogP contribution < -0.4 is 15.2 Å². The number of nitrogens with zero attached hydrogens (tertiary/aromatic N) is 2. The zero-order valence-electron chi connectivity index (χ0n) is 16.3. The number of nitrogens with two attached hydrogens (primary N) is 1. The summed E-state index contributed by atoms with van der Waals surface area (Å²) in [6.45, 7) is 7.82. The highest BCUT2D eigenvalue weighted by atomic mass is 35.5. The molecule has 1 amide bonds. The monoisotopic (exact) mass is 385 g/mol. The second kappa shape index (κ2) is 10.00. The van der Waals surface area contributed by atoms with Crippen LogP contribution in [-0.2, 0) is 11.3 Å². The molecule has 1 atom stereocenters. The molecule has 0 bridgehead atoms. The molecule has 2 rings (SSSR count). The standard InChI is InChI=1S/C19H31N3O3.ClH/c1-5-6-19(2,20)18(23)22-9-7-21(8-10-22)14-15-11-16(24-3)13-17(12-15)25-4;/h11-13H,5-10,14,20H2,1-4H3;1H. The van der Waals surface area contributed by atoms with Crippen LogP contribution in [0.3, 0.4) is 0 Å². The average molecular weight is 386 g/mol. The Bertz CT molecular complexity index is 565. The van der Waals surface area contributed by atoms with Crippen LogP contribution in [0.25, 0.3) is 0 Å². The molecule has 148 valence electrons. The van der Waals surface area contributed by atoms with Crippen molar-refractivity contribution < 1.29 is 14.3 Å². The number of benzene rings is 1. The Morgan fingerprint density at radius 1 is 1.12 bits per heavy atom. The SMILES string of the molecule is CCCC(C)(N)C(=O)N1CCN(Cc2cc(OC)cc(OC)c2)CC1.Cl. The molecular weight excluding hydrogens is 354 g/mol. The molecule has 0 spiro atoms. The lowest BCUT2D eigenvalue weighted by Crippen LogP contribution is -2.58. The van der Waals surface area contributed by atoms with Gasteiger partial charge in [0.2, 0.25) is 5.91 Å². The van der Waals surface area contributed by atoms with E-state index in [9.17, 15) is 4.79 Å². The molecule has 1 saturated heterocycles. The normalized spacial score (nSPS) is 17.2. The van der Waals surface area contributed by atoms with Crippen molar-refractivity contribution in [1.29, 1.82) is 0 Å². The summed E-state index contributed by atoms with van der Waals surface area (Å²) in [5.41, 5.74) is 6.58. The van der Waals surface area contributed by atoms with Gasteiger partial charge in [0.05, 0.1) is 19.8 Å². The third-order valence-electron chi connectivity index (χ3n) is 4.73. The van der Waals surface area contributed by atoms with Crippen LogP contribution in [0, 0.1) is 0 Å². The first-order valence-electron chi connectivity index (χ1n) is 8.92. The fraction of sp³-hybridized carbons (Fsp3) is 0.632. The number of carbonyl (C=O) groups excluding carboxylic acids is 1. The van der Waals surface area contributed by atoms with E-state index in [-0.39, 0.29) is 18.3 Å². The molecule has 1 aromatic carbocycles. The van der Waals surface area contributed by atoms with Gasteiger partial charge in [0.25, 0.3) is 0 Å². The van der Waals surface area contributed by atoms with E-state index in [2.05, 4.69) is 11.8 Å². The average Bonchev–Trinajstić information content (AvgIpc) is 2.61. The second-order valence-electron chi connectivity index (χ2n) is 6.96. The minimum Gasteiger partial charge on any atom is -0.497 e. The molecule has 26 heavy (non-hydrogen) atoms. The fourth-order valence-electron chi connectivity index (χ4n) is 3.31. The summed E-state index contributed by atoms with van der Waals surface area (Å²) in [4.78, 5) is 16.8. The molecule has 1 aliphatic rings. The molecule has 7 heteroatoms. The molecule has 0 aliphatic carbocycles. The van der Waals surface area contributed by atoms with Crippen LogP contribution in [0.15, 0.2) is 18.2 Å². The Morgan fingerprint density at radius 3 is 2.12 bits per heavy atom. The minimum atomic E-state index is -0.753. The van der Waals surface area contributed by atoms with Crippen LogP contribution in [0.5, 0.6) is 11.5 Å². The third-order valence-corrected chi connectivity index (χ3v) is 4.73. The molecule has 1 fully saturated rings. The van der Waals surface area contributed by atoms with Gasteiger partial charge in [-0.3, -0.25) is 9.69 Å². The van der Waals surface area contributed by atoms with Gasteiger partial charge in [-0.2, -0.15) is 0 Å². The Labute approximate surface area is 163 Å². The van der Waals surface area contributed by atoms with E-state index < -0.39 is 5.54 Å². The van der Waals surface area contributed by atoms with Crippen molar-refractivity contribution in [2.75, 3.05) is 40.4 Å². The number of hydrogen-bond acceptors (Lipinski definition) is 5. The summed E-state index contributed by atoms with van der Waals surface area (Å²) >= 11 is 0. The van der Waals surface area contributed by atoms with Crippen molar-refractivity contribution >= 4 is 18.3 Å². The van der Waals surface area contributed by atoms with Gasteiger partial charge in [0.15, 0.2) is 0 Å². The van der Waals surface area contributed by atoms with Crippen LogP contribution in [0.2, 0.25) is 0 Å². The van der Waals surface area contributed by atoms with Crippen LogP contribution in [-0.4, -0.2) is 61.6 Å². The summed E-state index contributed by atoms with van der Waals surface area (Å²) in [6.07, 6.45) is 1.63. The molecular formula is C19H32ClN3O3. The number of rotatable bonds is 7. The topological polar surface area (TPSA) is 68.0 Å². The second-order valence-corrected chi connectivity index (χ2v) is 6.96. The lowest BCUT2D eigenvalue weighted by molar-refractivity contribution is -0.138. The maximum absolute atomic E-state index is 12.6. The minimum absolute atomic E-state index is 0. The molecule has 1 heterocycles. The Hall–Kier alpha value is -1.50. The molecule has 1 unspecified atom stereocenters. The van der Waals surface area contributed by atoms with Gasteiger partial charge in [0, 0.05) is 38.8 Å². The summed E-state index contributed by atoms with van der Waals surface area (Å²) < 4.78 is 10.7. The van der Waals surface area contributed by atoms with Gasteiger partial charge in [-0.25, -0.2) is 0 Å². The van der Waals surface area contributed by atoms with Gasteiger partial charge in [0.1, 0.15) is 11.5 Å². The third kappa shape index (κ3) is 5.76. The summed E-state index contributed by atoms with van der Waals surface area (Å²) in [5, 5.41) is 0. The zero-order chi connectivity index (χ0) is 18.4. The van der Waals surface area contributed by atoms with E-state index in [0.717, 1.165) is 62.6 Å². The van der Waals surface area contributed by atoms with Crippen molar-refractivity contribution in [3.8, 4) is 11.5 Å². The highest BCUT2D eigenvalue weighted by Gasteiger charge is 2.33. The fourth-order valence-corrected chi connectivity index (χ4v) is 3.31. The predicted molar refractivity (Wildman–Crippen MR) is 106 cm³/mol. The van der Waals surface area contributed by atoms with E-state index in [1.54, 1.807) is 14.2 Å². The molecule has 0 aromatic heterocycles. The van der Waals surface area contributed by atoms with E-state index in [1.807, 2.05) is 30.0 Å². The van der Waals surface area contributed by atoms with E-state index in [1.165, 1.54) is 0 Å². The number of carbonyl (C=O) groups is 1. The molecule has 1 aliphatic heterocycles. The number of amides is 1. The number of halogens is 1. The van der Waals surface area contributed by atoms with Crippen molar-refractivity contribution in [1.82, 2.24) is 9.80 Å². The molecule has 6 nitrogen and oxygen atoms in total. The molecule has 0 radical (unpaired) electrons. The smallest absolute Gasteiger partial charge is 0.242 e. The Morgan fingerprint density at radius 2 is 1.65 bits per heavy atom. The van der Waals surface area contributed by atoms with Crippen molar-refractivity contribution in [2.24, 2.45) is 5.73 Å². The summed E-state index contributed by atoms with van der Waals surface area (Å²) in [6, 6.07) is 5.92. The number of hydrogen-bond donors (Lipinski definition) is 1. The maximum atomic E-state index is 12.6. The highest BCUT2D eigenvalue weighted by molar-refractivity contribution is 5.86. The van der Waals surface area contributed by atoms with Crippen LogP contribution in [0.4, 0.5) is 0 Å². The van der Waals surface area contributed by atoms with Gasteiger partial charge >= 0.3 is 0 Å². The Kier molecular flexibility index (Phi) is 8.67. The van der Waals surface area contributed by atoms with Gasteiger partial charge < -0.3 is 20.1 Å². The highest BCUT2D eigenvalue weighted by Crippen LogP contribution is 2.24. The maximum Gasteiger partial charge on any atom is 0.242 e. The predicted octanol–water partition coefficient (Wildman–Crippen LogP) is 2.29. The summed E-state index contributed by atoms with van der Waals surface area (Å²) in [5.74, 6) is 1.65.